The molecule has 8 heteroatoms. The molecule has 2 N–H and O–H groups in total. The van der Waals surface area contributed by atoms with Crippen molar-refractivity contribution in [3.8, 4) is 0 Å². The van der Waals surface area contributed by atoms with Crippen LogP contribution in [-0.2, 0) is 21.2 Å². The third-order valence-corrected chi connectivity index (χ3v) is 5.53. The summed E-state index contributed by atoms with van der Waals surface area (Å²) in [7, 11) is -3.70. The molecule has 1 aliphatic heterocycles. The van der Waals surface area contributed by atoms with E-state index in [1.165, 1.54) is 12.1 Å². The predicted octanol–water partition coefficient (Wildman–Crippen LogP) is 1.12. The molecule has 2 aromatic rings. The first-order valence-corrected chi connectivity index (χ1v) is 9.91. The molecule has 0 bridgehead atoms. The summed E-state index contributed by atoms with van der Waals surface area (Å²) in [6, 6.07) is 11.5. The minimum atomic E-state index is -3.70. The first-order valence-electron chi connectivity index (χ1n) is 8.43. The van der Waals surface area contributed by atoms with E-state index in [1.807, 2.05) is 18.2 Å². The molecule has 1 aliphatic rings. The maximum atomic E-state index is 12.5. The monoisotopic (exact) mass is 375 g/mol. The Bertz CT molecular complexity index is 850. The highest BCUT2D eigenvalue weighted by Gasteiger charge is 2.20. The molecule has 26 heavy (non-hydrogen) atoms. The zero-order valence-corrected chi connectivity index (χ0v) is 15.0. The number of aromatic nitrogens is 1. The van der Waals surface area contributed by atoms with Crippen molar-refractivity contribution in [2.75, 3.05) is 19.8 Å². The molecule has 1 aromatic carbocycles. The van der Waals surface area contributed by atoms with Crippen LogP contribution in [0.5, 0.6) is 0 Å². The number of hydrogen-bond acceptors (Lipinski definition) is 5. The molecule has 1 aromatic heterocycles. The van der Waals surface area contributed by atoms with Crippen LogP contribution in [0.1, 0.15) is 22.5 Å². The van der Waals surface area contributed by atoms with Gasteiger partial charge in [-0.05, 0) is 36.8 Å². The van der Waals surface area contributed by atoms with Crippen molar-refractivity contribution in [2.24, 2.45) is 0 Å². The van der Waals surface area contributed by atoms with E-state index in [-0.39, 0.29) is 23.4 Å². The van der Waals surface area contributed by atoms with E-state index >= 15 is 0 Å². The minimum Gasteiger partial charge on any atom is -0.379 e. The molecule has 3 rings (SSSR count). The molecular formula is C18H21N3O4S. The summed E-state index contributed by atoms with van der Waals surface area (Å²) in [5.74, 6) is -0.300. The number of amides is 1. The molecule has 0 aliphatic carbocycles. The van der Waals surface area contributed by atoms with Crippen molar-refractivity contribution in [1.82, 2.24) is 15.0 Å². The maximum absolute atomic E-state index is 12.5. The van der Waals surface area contributed by atoms with Crippen LogP contribution in [0.15, 0.2) is 53.6 Å². The number of carbonyl (C=O) groups is 1. The Hall–Kier alpha value is -2.29. The number of nitrogens with zero attached hydrogens (tertiary/aromatic N) is 1. The molecule has 0 saturated carbocycles. The molecule has 1 saturated heterocycles. The van der Waals surface area contributed by atoms with Gasteiger partial charge in [-0.15, -0.1) is 0 Å². The third-order valence-electron chi connectivity index (χ3n) is 4.07. The number of sulfonamides is 1. The average Bonchev–Trinajstić information content (AvgIpc) is 3.15. The average molecular weight is 375 g/mol. The van der Waals surface area contributed by atoms with Gasteiger partial charge in [0.2, 0.25) is 10.0 Å². The largest absolute Gasteiger partial charge is 0.379 e. The van der Waals surface area contributed by atoms with Crippen molar-refractivity contribution < 1.29 is 17.9 Å². The number of ether oxygens (including phenoxy) is 1. The summed E-state index contributed by atoms with van der Waals surface area (Å²) < 4.78 is 32.7. The van der Waals surface area contributed by atoms with E-state index < -0.39 is 10.0 Å². The van der Waals surface area contributed by atoms with Gasteiger partial charge >= 0.3 is 0 Å². The van der Waals surface area contributed by atoms with Gasteiger partial charge in [0.1, 0.15) is 0 Å². The zero-order valence-electron chi connectivity index (χ0n) is 14.2. The summed E-state index contributed by atoms with van der Waals surface area (Å²) in [5, 5.41) is 2.85. The van der Waals surface area contributed by atoms with Gasteiger partial charge in [0.25, 0.3) is 5.91 Å². The van der Waals surface area contributed by atoms with Crippen LogP contribution in [0.25, 0.3) is 0 Å². The Balaban J connectivity index is 1.62. The lowest BCUT2D eigenvalue weighted by atomic mass is 10.2. The SMILES string of the molecule is O=C(N[C@@H]1CCOC1)c1cccc(S(=O)(=O)NCCc2ccccn2)c1. The van der Waals surface area contributed by atoms with Crippen molar-refractivity contribution >= 4 is 15.9 Å². The maximum Gasteiger partial charge on any atom is 0.251 e. The van der Waals surface area contributed by atoms with Crippen LogP contribution in [0.3, 0.4) is 0 Å². The van der Waals surface area contributed by atoms with Crippen molar-refractivity contribution in [2.45, 2.75) is 23.8 Å². The summed E-state index contributed by atoms with van der Waals surface area (Å²) >= 11 is 0. The Morgan fingerprint density at radius 3 is 2.85 bits per heavy atom. The van der Waals surface area contributed by atoms with E-state index in [0.29, 0.717) is 25.2 Å². The van der Waals surface area contributed by atoms with Gasteiger partial charge in [-0.1, -0.05) is 12.1 Å². The number of hydrogen-bond donors (Lipinski definition) is 2. The Labute approximate surface area is 152 Å². The summed E-state index contributed by atoms with van der Waals surface area (Å²) in [6.45, 7) is 1.34. The highest BCUT2D eigenvalue weighted by molar-refractivity contribution is 7.89. The lowest BCUT2D eigenvalue weighted by Gasteiger charge is -2.12. The van der Waals surface area contributed by atoms with Crippen LogP contribution in [0, 0.1) is 0 Å². The topological polar surface area (TPSA) is 97.4 Å². The molecule has 0 radical (unpaired) electrons. The Kier molecular flexibility index (Phi) is 5.97. The van der Waals surface area contributed by atoms with Gasteiger partial charge in [-0.3, -0.25) is 9.78 Å². The first-order chi connectivity index (χ1) is 12.5. The van der Waals surface area contributed by atoms with Crippen LogP contribution in [0.4, 0.5) is 0 Å². The minimum absolute atomic E-state index is 0.0285. The number of benzene rings is 1. The van der Waals surface area contributed by atoms with E-state index in [2.05, 4.69) is 15.0 Å². The molecule has 2 heterocycles. The molecular weight excluding hydrogens is 354 g/mol. The molecule has 1 fully saturated rings. The summed E-state index contributed by atoms with van der Waals surface area (Å²) in [5.41, 5.74) is 1.12. The molecule has 1 amide bonds. The lowest BCUT2D eigenvalue weighted by molar-refractivity contribution is 0.0929. The summed E-state index contributed by atoms with van der Waals surface area (Å²) in [4.78, 5) is 16.5. The highest BCUT2D eigenvalue weighted by Crippen LogP contribution is 2.13. The molecule has 1 atom stereocenters. The Morgan fingerprint density at radius 2 is 2.12 bits per heavy atom. The standard InChI is InChI=1S/C18H21N3O4S/c22-18(21-16-8-11-25-13-16)14-4-3-6-17(12-14)26(23,24)20-10-7-15-5-1-2-9-19-15/h1-6,9,12,16,20H,7-8,10-11,13H2,(H,21,22)/t16-/m1/s1. The molecule has 0 spiro atoms. The number of pyridine rings is 1. The highest BCUT2D eigenvalue weighted by atomic mass is 32.2. The fourth-order valence-electron chi connectivity index (χ4n) is 2.66. The zero-order chi connectivity index (χ0) is 18.4. The second kappa shape index (κ2) is 8.39. The van der Waals surface area contributed by atoms with Gasteiger partial charge in [0.05, 0.1) is 17.5 Å². The number of carbonyl (C=O) groups excluding carboxylic acids is 1. The van der Waals surface area contributed by atoms with E-state index in [9.17, 15) is 13.2 Å². The fourth-order valence-corrected chi connectivity index (χ4v) is 3.74. The van der Waals surface area contributed by atoms with Crippen LogP contribution >= 0.6 is 0 Å². The van der Waals surface area contributed by atoms with Crippen molar-refractivity contribution in [3.05, 3.63) is 59.9 Å². The fraction of sp³-hybridized carbons (Fsp3) is 0.333. The smallest absolute Gasteiger partial charge is 0.251 e. The van der Waals surface area contributed by atoms with Gasteiger partial charge in [0, 0.05) is 37.0 Å². The molecule has 0 unspecified atom stereocenters. The first kappa shape index (κ1) is 18.5. The van der Waals surface area contributed by atoms with Crippen molar-refractivity contribution in [3.63, 3.8) is 0 Å². The van der Waals surface area contributed by atoms with Gasteiger partial charge in [-0.2, -0.15) is 0 Å². The second-order valence-corrected chi connectivity index (χ2v) is 7.80. The van der Waals surface area contributed by atoms with E-state index in [1.54, 1.807) is 18.3 Å². The predicted molar refractivity (Wildman–Crippen MR) is 96.3 cm³/mol. The van der Waals surface area contributed by atoms with Crippen LogP contribution in [0.2, 0.25) is 0 Å². The van der Waals surface area contributed by atoms with E-state index in [0.717, 1.165) is 12.1 Å². The van der Waals surface area contributed by atoms with Crippen LogP contribution < -0.4 is 10.0 Å². The number of rotatable bonds is 7. The Morgan fingerprint density at radius 1 is 1.23 bits per heavy atom. The quantitative estimate of drug-likeness (QED) is 0.756. The lowest BCUT2D eigenvalue weighted by Crippen LogP contribution is -2.35. The van der Waals surface area contributed by atoms with Gasteiger partial charge in [-0.25, -0.2) is 13.1 Å². The molecule has 7 nitrogen and oxygen atoms in total. The normalized spacial score (nSPS) is 17.2. The van der Waals surface area contributed by atoms with E-state index in [4.69, 9.17) is 4.74 Å². The summed E-state index contributed by atoms with van der Waals surface area (Å²) in [6.07, 6.45) is 2.92. The number of nitrogens with one attached hydrogen (secondary N) is 2. The second-order valence-electron chi connectivity index (χ2n) is 6.03. The third kappa shape index (κ3) is 4.87. The van der Waals surface area contributed by atoms with Gasteiger partial charge in [0.15, 0.2) is 0 Å². The van der Waals surface area contributed by atoms with Gasteiger partial charge < -0.3 is 10.1 Å². The van der Waals surface area contributed by atoms with Crippen molar-refractivity contribution in [1.29, 1.82) is 0 Å². The van der Waals surface area contributed by atoms with Crippen LogP contribution in [-0.4, -0.2) is 45.1 Å². The molecule has 138 valence electrons.